The number of carbonyl (C=O) groups is 3. The Hall–Kier alpha value is -2.93. The monoisotopic (exact) mass is 487 g/mol. The average molecular weight is 488 g/mol. The average Bonchev–Trinajstić information content (AvgIpc) is 3.45. The predicted octanol–water partition coefficient (Wildman–Crippen LogP) is 1.60. The largest absolute Gasteiger partial charge is 0.465 e. The number of nitrogens with zero attached hydrogens (tertiary/aromatic N) is 4. The number of hydrogen-bond donors (Lipinski definition) is 5. The molecule has 182 valence electrons. The summed E-state index contributed by atoms with van der Waals surface area (Å²) in [4.78, 5) is 43.6. The molecule has 3 amide bonds. The topological polar surface area (TPSA) is 160 Å². The molecule has 2 fully saturated rings. The molecule has 33 heavy (non-hydrogen) atoms. The van der Waals surface area contributed by atoms with E-state index in [0.29, 0.717) is 30.4 Å². The van der Waals surface area contributed by atoms with Crippen molar-refractivity contribution in [1.29, 1.82) is 0 Å². The third kappa shape index (κ3) is 6.78. The van der Waals surface area contributed by atoms with Gasteiger partial charge in [0.1, 0.15) is 0 Å². The summed E-state index contributed by atoms with van der Waals surface area (Å²) in [5, 5.41) is 20.9. The molecular formula is C19H27ClFN7O5. The molecule has 2 atom stereocenters. The first-order valence-electron chi connectivity index (χ1n) is 10.7. The zero-order valence-corrected chi connectivity index (χ0v) is 18.6. The Kier molecular flexibility index (Phi) is 8.44. The van der Waals surface area contributed by atoms with Gasteiger partial charge in [-0.15, -0.1) is 0 Å². The van der Waals surface area contributed by atoms with Gasteiger partial charge in [-0.05, 0) is 30.4 Å². The first-order valence-corrected chi connectivity index (χ1v) is 11.1. The fourth-order valence-electron chi connectivity index (χ4n) is 4.35. The van der Waals surface area contributed by atoms with Crippen molar-refractivity contribution >= 4 is 41.6 Å². The number of carbonyl (C=O) groups excluding carboxylic acids is 2. The second-order valence-corrected chi connectivity index (χ2v) is 8.62. The van der Waals surface area contributed by atoms with Crippen LogP contribution in [0.15, 0.2) is 0 Å². The van der Waals surface area contributed by atoms with E-state index in [1.165, 1.54) is 4.90 Å². The minimum Gasteiger partial charge on any atom is -0.465 e. The lowest BCUT2D eigenvalue weighted by atomic mass is 9.92. The summed E-state index contributed by atoms with van der Waals surface area (Å²) >= 11 is 5.94. The van der Waals surface area contributed by atoms with Crippen LogP contribution in [-0.4, -0.2) is 69.4 Å². The Morgan fingerprint density at radius 1 is 1.30 bits per heavy atom. The van der Waals surface area contributed by atoms with E-state index in [1.54, 1.807) is 0 Å². The van der Waals surface area contributed by atoms with E-state index in [2.05, 4.69) is 26.1 Å². The van der Waals surface area contributed by atoms with E-state index in [1.807, 2.05) is 0 Å². The van der Waals surface area contributed by atoms with Gasteiger partial charge in [-0.3, -0.25) is 25.6 Å². The number of nitrogens with one attached hydrogen (secondary N) is 3. The Morgan fingerprint density at radius 2 is 2.03 bits per heavy atom. The van der Waals surface area contributed by atoms with Gasteiger partial charge < -0.3 is 15.3 Å². The Morgan fingerprint density at radius 3 is 2.70 bits per heavy atom. The normalized spacial score (nSPS) is 19.2. The lowest BCUT2D eigenvalue weighted by molar-refractivity contribution is -0.154. The van der Waals surface area contributed by atoms with E-state index in [-0.39, 0.29) is 42.5 Å². The van der Waals surface area contributed by atoms with Crippen molar-refractivity contribution in [2.45, 2.75) is 44.6 Å². The summed E-state index contributed by atoms with van der Waals surface area (Å²) in [6, 6.07) is -0.387. The summed E-state index contributed by atoms with van der Waals surface area (Å²) in [5.41, 5.74) is 4.81. The van der Waals surface area contributed by atoms with Gasteiger partial charge in [-0.25, -0.2) is 9.86 Å². The van der Waals surface area contributed by atoms with Gasteiger partial charge in [0.2, 0.25) is 23.4 Å². The standard InChI is InChI=1S/C19H27ClFN7O5/c20-18-23-15(14(21)16(24-18)27-6-5-13(9-27)22-19(31)32)25-26-17(30)12(8-28(33)10-29)7-11-3-1-2-4-11/h10-13,22,33H,1-9H2,(H,26,30)(H,31,32)(H,23,24,25)/t12-,13+/m1/s1. The lowest BCUT2D eigenvalue weighted by Gasteiger charge is -2.23. The highest BCUT2D eigenvalue weighted by Gasteiger charge is 2.30. The first-order chi connectivity index (χ1) is 15.8. The molecule has 5 N–H and O–H groups in total. The summed E-state index contributed by atoms with van der Waals surface area (Å²) in [6.07, 6.45) is 4.07. The fraction of sp³-hybridized carbons (Fsp3) is 0.632. The van der Waals surface area contributed by atoms with Gasteiger partial charge in [0.05, 0.1) is 18.5 Å². The van der Waals surface area contributed by atoms with Crippen LogP contribution in [0.4, 0.5) is 20.8 Å². The summed E-state index contributed by atoms with van der Waals surface area (Å²) in [7, 11) is 0. The van der Waals surface area contributed by atoms with E-state index in [4.69, 9.17) is 16.7 Å². The third-order valence-corrected chi connectivity index (χ3v) is 6.09. The highest BCUT2D eigenvalue weighted by atomic mass is 35.5. The van der Waals surface area contributed by atoms with Crippen molar-refractivity contribution in [1.82, 2.24) is 25.8 Å². The molecule has 1 saturated heterocycles. The van der Waals surface area contributed by atoms with Crippen molar-refractivity contribution in [2.24, 2.45) is 11.8 Å². The van der Waals surface area contributed by atoms with Crippen molar-refractivity contribution in [2.75, 3.05) is 30.0 Å². The SMILES string of the molecule is O=CN(O)C[C@@H](CC1CCCC1)C(=O)NNc1nc(Cl)nc(N2CC[C@H](NC(=O)O)C2)c1F. The number of hydroxylamine groups is 2. The maximum atomic E-state index is 15.1. The Balaban J connectivity index is 1.67. The van der Waals surface area contributed by atoms with E-state index >= 15 is 4.39 Å². The molecule has 2 heterocycles. The predicted molar refractivity (Wildman–Crippen MR) is 115 cm³/mol. The number of amides is 3. The third-order valence-electron chi connectivity index (χ3n) is 5.92. The smallest absolute Gasteiger partial charge is 0.404 e. The van der Waals surface area contributed by atoms with Gasteiger partial charge in [-0.2, -0.15) is 14.4 Å². The molecule has 0 radical (unpaired) electrons. The molecule has 0 aromatic carbocycles. The molecule has 2 aliphatic rings. The van der Waals surface area contributed by atoms with Crippen LogP contribution in [0.25, 0.3) is 0 Å². The molecule has 14 heteroatoms. The molecule has 1 aromatic heterocycles. The molecule has 1 aliphatic heterocycles. The molecule has 1 aliphatic carbocycles. The number of halogens is 2. The zero-order chi connectivity index (χ0) is 24.0. The van der Waals surface area contributed by atoms with Gasteiger partial charge in [-0.1, -0.05) is 25.7 Å². The second-order valence-electron chi connectivity index (χ2n) is 8.28. The maximum absolute atomic E-state index is 15.1. The molecule has 0 unspecified atom stereocenters. The van der Waals surface area contributed by atoms with Crippen molar-refractivity contribution in [3.05, 3.63) is 11.1 Å². The number of carboxylic acid groups (broad SMARTS) is 1. The fourth-order valence-corrected chi connectivity index (χ4v) is 4.52. The van der Waals surface area contributed by atoms with Crippen molar-refractivity contribution in [3.8, 4) is 0 Å². The molecule has 0 bridgehead atoms. The summed E-state index contributed by atoms with van der Waals surface area (Å²) < 4.78 is 15.1. The van der Waals surface area contributed by atoms with Crippen LogP contribution < -0.4 is 21.1 Å². The molecule has 0 spiro atoms. The van der Waals surface area contributed by atoms with Crippen LogP contribution in [0.5, 0.6) is 0 Å². The minimum atomic E-state index is -1.17. The van der Waals surface area contributed by atoms with Crippen LogP contribution in [0.2, 0.25) is 5.28 Å². The van der Waals surface area contributed by atoms with E-state index < -0.39 is 23.7 Å². The van der Waals surface area contributed by atoms with E-state index in [0.717, 1.165) is 25.7 Å². The molecule has 1 saturated carbocycles. The molecule has 12 nitrogen and oxygen atoms in total. The van der Waals surface area contributed by atoms with Crippen LogP contribution >= 0.6 is 11.6 Å². The molecule has 1 aromatic rings. The zero-order valence-electron chi connectivity index (χ0n) is 17.8. The van der Waals surface area contributed by atoms with Crippen molar-refractivity contribution in [3.63, 3.8) is 0 Å². The van der Waals surface area contributed by atoms with Gasteiger partial charge in [0.25, 0.3) is 0 Å². The van der Waals surface area contributed by atoms with Gasteiger partial charge >= 0.3 is 6.09 Å². The lowest BCUT2D eigenvalue weighted by Crippen LogP contribution is -2.41. The number of aromatic nitrogens is 2. The highest BCUT2D eigenvalue weighted by Crippen LogP contribution is 2.31. The molecule has 3 rings (SSSR count). The van der Waals surface area contributed by atoms with Crippen LogP contribution in [0, 0.1) is 17.7 Å². The quantitative estimate of drug-likeness (QED) is 0.143. The Bertz CT molecular complexity index is 873. The minimum absolute atomic E-state index is 0.119. The summed E-state index contributed by atoms with van der Waals surface area (Å²) in [5.74, 6) is -2.28. The Labute approximate surface area is 194 Å². The highest BCUT2D eigenvalue weighted by molar-refractivity contribution is 6.28. The number of hydrogen-bond acceptors (Lipinski definition) is 8. The van der Waals surface area contributed by atoms with Gasteiger partial charge in [0, 0.05) is 13.1 Å². The van der Waals surface area contributed by atoms with Crippen LogP contribution in [0.3, 0.4) is 0 Å². The number of anilines is 2. The second kappa shape index (κ2) is 11.3. The van der Waals surface area contributed by atoms with Crippen LogP contribution in [0.1, 0.15) is 38.5 Å². The maximum Gasteiger partial charge on any atom is 0.404 e. The number of rotatable bonds is 10. The molecular weight excluding hydrogens is 461 g/mol. The first kappa shape index (κ1) is 24.7. The summed E-state index contributed by atoms with van der Waals surface area (Å²) in [6.45, 7) is 0.351. The van der Waals surface area contributed by atoms with Gasteiger partial charge in [0.15, 0.2) is 11.6 Å². The van der Waals surface area contributed by atoms with E-state index in [9.17, 15) is 19.6 Å². The van der Waals surface area contributed by atoms with Crippen LogP contribution in [-0.2, 0) is 9.59 Å². The number of hydrazine groups is 1. The van der Waals surface area contributed by atoms with Crippen molar-refractivity contribution < 1.29 is 29.1 Å².